The number of benzene rings is 2. The lowest BCUT2D eigenvalue weighted by Crippen LogP contribution is -2.08. The maximum Gasteiger partial charge on any atom is 0.182 e. The summed E-state index contributed by atoms with van der Waals surface area (Å²) in [5.74, 6) is 0.260. The minimum Gasteiger partial charge on any atom is -0.617 e. The van der Waals surface area contributed by atoms with Gasteiger partial charge in [-0.3, -0.25) is 9.67 Å². The normalized spacial score (nSPS) is 12.0. The number of hydrogen-bond donors (Lipinski definition) is 1. The molecule has 5 rings (SSSR count). The third-order valence-corrected chi connectivity index (χ3v) is 7.15. The average molecular weight is 563 g/mol. The van der Waals surface area contributed by atoms with Gasteiger partial charge >= 0.3 is 0 Å². The Kier molecular flexibility index (Phi) is 8.51. The van der Waals surface area contributed by atoms with Gasteiger partial charge in [0, 0.05) is 52.9 Å². The standard InChI is InChI=1S/C29H28F2N6O2S/c1-3-39-21-15-24(30)23(25(31)16-21)18-37-26-9-5-4-8-22(26)27(36-37)29-33-17-19(7-6-14-40(2)38)28(35-29)34-20-10-12-32-13-11-20/h4-5,8-13,15-17H,3,6-7,14,18H2,1-2H3,(H,32,33,34,35). The summed E-state index contributed by atoms with van der Waals surface area (Å²) in [6.07, 6.45) is 8.13. The van der Waals surface area contributed by atoms with Crippen molar-refractivity contribution >= 4 is 33.6 Å². The Labute approximate surface area is 233 Å². The van der Waals surface area contributed by atoms with E-state index in [4.69, 9.17) is 14.8 Å². The van der Waals surface area contributed by atoms with Crippen molar-refractivity contribution < 1.29 is 18.1 Å². The smallest absolute Gasteiger partial charge is 0.182 e. The molecule has 8 nitrogen and oxygen atoms in total. The fraction of sp³-hybridized carbons (Fsp3) is 0.241. The quantitative estimate of drug-likeness (QED) is 0.207. The van der Waals surface area contributed by atoms with Gasteiger partial charge in [-0.05, 0) is 38.0 Å². The van der Waals surface area contributed by atoms with Crippen LogP contribution in [0.3, 0.4) is 0 Å². The number of aryl methyl sites for hydroxylation is 1. The van der Waals surface area contributed by atoms with E-state index < -0.39 is 22.8 Å². The molecular formula is C29H28F2N6O2S. The maximum absolute atomic E-state index is 14.9. The van der Waals surface area contributed by atoms with E-state index in [9.17, 15) is 13.3 Å². The van der Waals surface area contributed by atoms with E-state index in [2.05, 4.69) is 15.3 Å². The van der Waals surface area contributed by atoms with Crippen LogP contribution < -0.4 is 10.1 Å². The second-order valence-corrected chi connectivity index (χ2v) is 10.7. The highest BCUT2D eigenvalue weighted by Crippen LogP contribution is 2.30. The topological polar surface area (TPSA) is 101 Å². The van der Waals surface area contributed by atoms with Crippen LogP contribution in [0.4, 0.5) is 20.3 Å². The lowest BCUT2D eigenvalue weighted by atomic mass is 10.1. The Bertz CT molecular complexity index is 1590. The second-order valence-electron chi connectivity index (χ2n) is 9.13. The highest BCUT2D eigenvalue weighted by molar-refractivity contribution is 7.90. The molecule has 2 aromatic carbocycles. The van der Waals surface area contributed by atoms with Crippen molar-refractivity contribution in [2.75, 3.05) is 23.9 Å². The van der Waals surface area contributed by atoms with Gasteiger partial charge in [0.25, 0.3) is 0 Å². The van der Waals surface area contributed by atoms with Gasteiger partial charge in [0.05, 0.1) is 24.9 Å². The molecule has 1 unspecified atom stereocenters. The van der Waals surface area contributed by atoms with Crippen LogP contribution in [0.25, 0.3) is 22.4 Å². The Balaban J connectivity index is 1.53. The molecule has 0 aliphatic rings. The number of para-hydroxylation sites is 1. The van der Waals surface area contributed by atoms with Gasteiger partial charge in [-0.2, -0.15) is 5.10 Å². The first-order valence-electron chi connectivity index (χ1n) is 12.8. The molecule has 0 saturated carbocycles. The van der Waals surface area contributed by atoms with Gasteiger partial charge in [0.2, 0.25) is 0 Å². The van der Waals surface area contributed by atoms with Crippen molar-refractivity contribution in [2.45, 2.75) is 26.3 Å². The van der Waals surface area contributed by atoms with E-state index in [0.717, 1.165) is 16.6 Å². The number of anilines is 2. The second kappa shape index (κ2) is 12.4. The fourth-order valence-electron chi connectivity index (χ4n) is 4.39. The summed E-state index contributed by atoms with van der Waals surface area (Å²) in [4.78, 5) is 13.5. The molecule has 3 aromatic heterocycles. The molecule has 0 aliphatic heterocycles. The zero-order valence-electron chi connectivity index (χ0n) is 22.1. The number of rotatable bonds is 11. The van der Waals surface area contributed by atoms with Crippen molar-refractivity contribution in [2.24, 2.45) is 0 Å². The van der Waals surface area contributed by atoms with Gasteiger partial charge in [-0.25, -0.2) is 18.7 Å². The molecule has 206 valence electrons. The molecule has 0 spiro atoms. The summed E-state index contributed by atoms with van der Waals surface area (Å²) in [5.41, 5.74) is 2.73. The molecular weight excluding hydrogens is 534 g/mol. The zero-order valence-corrected chi connectivity index (χ0v) is 22.9. The molecule has 0 amide bonds. The summed E-state index contributed by atoms with van der Waals surface area (Å²) >= 11 is -0.897. The first kappa shape index (κ1) is 27.5. The Morgan fingerprint density at radius 1 is 1.07 bits per heavy atom. The number of fused-ring (bicyclic) bond motifs is 1. The van der Waals surface area contributed by atoms with Gasteiger partial charge in [0.15, 0.2) is 5.82 Å². The Morgan fingerprint density at radius 2 is 1.82 bits per heavy atom. The molecule has 0 aliphatic carbocycles. The van der Waals surface area contributed by atoms with Crippen LogP contribution in [0.1, 0.15) is 24.5 Å². The summed E-state index contributed by atoms with van der Waals surface area (Å²) in [6.45, 7) is 1.93. The molecule has 3 heterocycles. The van der Waals surface area contributed by atoms with Crippen LogP contribution in [0, 0.1) is 11.6 Å². The predicted octanol–water partition coefficient (Wildman–Crippen LogP) is 5.67. The Morgan fingerprint density at radius 3 is 2.55 bits per heavy atom. The van der Waals surface area contributed by atoms with E-state index in [1.807, 2.05) is 36.4 Å². The number of nitrogens with zero attached hydrogens (tertiary/aromatic N) is 5. The molecule has 1 N–H and O–H groups in total. The molecule has 0 radical (unpaired) electrons. The number of nitrogens with one attached hydrogen (secondary N) is 1. The van der Waals surface area contributed by atoms with E-state index in [1.54, 1.807) is 36.5 Å². The predicted molar refractivity (Wildman–Crippen MR) is 152 cm³/mol. The van der Waals surface area contributed by atoms with Gasteiger partial charge < -0.3 is 14.6 Å². The fourth-order valence-corrected chi connectivity index (χ4v) is 4.94. The molecule has 0 bridgehead atoms. The average Bonchev–Trinajstić information content (AvgIpc) is 3.30. The van der Waals surface area contributed by atoms with Gasteiger partial charge in [-0.1, -0.05) is 29.4 Å². The van der Waals surface area contributed by atoms with Crippen LogP contribution >= 0.6 is 0 Å². The summed E-state index contributed by atoms with van der Waals surface area (Å²) in [6, 6.07) is 13.4. The van der Waals surface area contributed by atoms with Crippen molar-refractivity contribution in [3.8, 4) is 17.3 Å². The third-order valence-electron chi connectivity index (χ3n) is 6.29. The maximum atomic E-state index is 14.9. The molecule has 0 fully saturated rings. The van der Waals surface area contributed by atoms with Crippen molar-refractivity contribution in [3.05, 3.63) is 89.9 Å². The zero-order chi connectivity index (χ0) is 28.1. The third kappa shape index (κ3) is 6.21. The van der Waals surface area contributed by atoms with E-state index in [1.165, 1.54) is 12.1 Å². The summed E-state index contributed by atoms with van der Waals surface area (Å²) in [7, 11) is 0. The number of aromatic nitrogens is 5. The monoisotopic (exact) mass is 562 g/mol. The minimum atomic E-state index is -0.897. The largest absolute Gasteiger partial charge is 0.617 e. The van der Waals surface area contributed by atoms with Gasteiger partial charge in [0.1, 0.15) is 34.6 Å². The summed E-state index contributed by atoms with van der Waals surface area (Å²) < 4.78 is 48.2. The van der Waals surface area contributed by atoms with Crippen LogP contribution in [0.15, 0.2) is 67.1 Å². The SMILES string of the molecule is CCOc1cc(F)c(Cn2nc(-c3ncc(CCC[S+](C)[O-])c(Nc4ccncc4)n3)c3ccccc32)c(F)c1. The lowest BCUT2D eigenvalue weighted by molar-refractivity contribution is 0.335. The number of hydrogen-bond acceptors (Lipinski definition) is 7. The molecule has 5 aromatic rings. The van der Waals surface area contributed by atoms with Gasteiger partial charge in [-0.15, -0.1) is 0 Å². The lowest BCUT2D eigenvalue weighted by Gasteiger charge is -2.12. The summed E-state index contributed by atoms with van der Waals surface area (Å²) in [5, 5.41) is 8.79. The van der Waals surface area contributed by atoms with Crippen LogP contribution in [0.2, 0.25) is 0 Å². The number of ether oxygens (including phenoxy) is 1. The van der Waals surface area contributed by atoms with Crippen LogP contribution in [-0.4, -0.2) is 47.9 Å². The molecule has 0 saturated heterocycles. The number of pyridine rings is 1. The van der Waals surface area contributed by atoms with E-state index in [0.29, 0.717) is 48.1 Å². The minimum absolute atomic E-state index is 0.118. The highest BCUT2D eigenvalue weighted by Gasteiger charge is 2.20. The highest BCUT2D eigenvalue weighted by atomic mass is 32.2. The van der Waals surface area contributed by atoms with E-state index in [-0.39, 0.29) is 17.9 Å². The molecule has 11 heteroatoms. The van der Waals surface area contributed by atoms with Crippen LogP contribution in [-0.2, 0) is 24.1 Å². The van der Waals surface area contributed by atoms with Crippen molar-refractivity contribution in [1.82, 2.24) is 24.7 Å². The molecule has 1 atom stereocenters. The first-order valence-corrected chi connectivity index (χ1v) is 14.5. The van der Waals surface area contributed by atoms with Crippen molar-refractivity contribution in [3.63, 3.8) is 0 Å². The van der Waals surface area contributed by atoms with E-state index >= 15 is 0 Å². The van der Waals surface area contributed by atoms with Crippen molar-refractivity contribution in [1.29, 1.82) is 0 Å². The first-order chi connectivity index (χ1) is 19.4. The Hall–Kier alpha value is -4.09. The van der Waals surface area contributed by atoms with Crippen LogP contribution in [0.5, 0.6) is 5.75 Å². The number of halogens is 2. The molecule has 40 heavy (non-hydrogen) atoms.